The summed E-state index contributed by atoms with van der Waals surface area (Å²) in [6, 6.07) is 8.13. The molecule has 1 aromatic heterocycles. The van der Waals surface area contributed by atoms with E-state index in [9.17, 15) is 18.0 Å². The molecule has 2 aromatic rings. The third kappa shape index (κ3) is 2.48. The fraction of sp³-hybridized carbons (Fsp3) is 0.0769. The van der Waals surface area contributed by atoms with Crippen LogP contribution in [0.3, 0.4) is 0 Å². The van der Waals surface area contributed by atoms with Crippen LogP contribution in [-0.4, -0.2) is 20.5 Å². The van der Waals surface area contributed by atoms with Gasteiger partial charge in [0.15, 0.2) is 17.8 Å². The van der Waals surface area contributed by atoms with Crippen molar-refractivity contribution < 1.29 is 22.4 Å². The van der Waals surface area contributed by atoms with Gasteiger partial charge in [0.05, 0.1) is 4.90 Å². The van der Waals surface area contributed by atoms with Crippen LogP contribution < -0.4 is 0 Å². The Kier molecular flexibility index (Phi) is 3.35. The molecule has 0 fully saturated rings. The molecule has 2 rings (SSSR count). The van der Waals surface area contributed by atoms with Crippen molar-refractivity contribution in [2.24, 2.45) is 0 Å². The molecule has 98 valence electrons. The molecule has 0 saturated carbocycles. The van der Waals surface area contributed by atoms with E-state index in [2.05, 4.69) is 0 Å². The topological polar surface area (TPSA) is 81.4 Å². The molecule has 0 aliphatic rings. The van der Waals surface area contributed by atoms with Crippen LogP contribution >= 0.6 is 0 Å². The van der Waals surface area contributed by atoms with Crippen molar-refractivity contribution in [1.82, 2.24) is 0 Å². The molecule has 0 atom stereocenters. The minimum atomic E-state index is -3.86. The number of benzene rings is 1. The monoisotopic (exact) mass is 278 g/mol. The lowest BCUT2D eigenvalue weighted by Crippen LogP contribution is -2.02. The summed E-state index contributed by atoms with van der Waals surface area (Å²) in [4.78, 5) is 21.7. The average molecular weight is 278 g/mol. The molecule has 0 aliphatic heterocycles. The zero-order valence-corrected chi connectivity index (χ0v) is 10.8. The maximum atomic E-state index is 12.2. The summed E-state index contributed by atoms with van der Waals surface area (Å²) >= 11 is 0. The number of Topliss-reactive ketones (excluding diaryl/α,β-unsaturated/α-hetero) is 1. The number of sulfone groups is 1. The van der Waals surface area contributed by atoms with Crippen LogP contribution in [0.2, 0.25) is 0 Å². The summed E-state index contributed by atoms with van der Waals surface area (Å²) < 4.78 is 29.3. The average Bonchev–Trinajstić information content (AvgIpc) is 2.88. The molecular formula is C13H10O5S. The third-order valence-corrected chi connectivity index (χ3v) is 4.16. The highest BCUT2D eigenvalue weighted by molar-refractivity contribution is 7.91. The molecule has 0 aliphatic carbocycles. The summed E-state index contributed by atoms with van der Waals surface area (Å²) in [6.07, 6.45) is 0.422. The SMILES string of the molecule is CC(=O)c1cccc(S(=O)(=O)c2ccc(C=O)o2)c1. The quantitative estimate of drug-likeness (QED) is 0.632. The van der Waals surface area contributed by atoms with Gasteiger partial charge in [-0.25, -0.2) is 8.42 Å². The van der Waals surface area contributed by atoms with Crippen molar-refractivity contribution in [3.8, 4) is 0 Å². The number of carbonyl (C=O) groups is 2. The Balaban J connectivity index is 2.53. The van der Waals surface area contributed by atoms with Gasteiger partial charge in [0, 0.05) is 5.56 Å². The summed E-state index contributed by atoms with van der Waals surface area (Å²) in [5.74, 6) is -0.300. The molecule has 19 heavy (non-hydrogen) atoms. The Morgan fingerprint density at radius 3 is 2.53 bits per heavy atom. The zero-order valence-electron chi connectivity index (χ0n) is 9.99. The molecule has 0 N–H and O–H groups in total. The van der Waals surface area contributed by atoms with E-state index in [0.717, 1.165) is 0 Å². The third-order valence-electron chi connectivity index (χ3n) is 2.53. The Hall–Kier alpha value is -2.21. The fourth-order valence-electron chi connectivity index (χ4n) is 1.54. The Labute approximate surface area is 109 Å². The van der Waals surface area contributed by atoms with E-state index < -0.39 is 9.84 Å². The minimum absolute atomic E-state index is 0.0491. The van der Waals surface area contributed by atoms with Gasteiger partial charge in [-0.1, -0.05) is 12.1 Å². The molecule has 0 bridgehead atoms. The second-order valence-electron chi connectivity index (χ2n) is 3.86. The molecule has 0 amide bonds. The smallest absolute Gasteiger partial charge is 0.239 e. The highest BCUT2D eigenvalue weighted by atomic mass is 32.2. The predicted molar refractivity (Wildman–Crippen MR) is 66.0 cm³/mol. The number of hydrogen-bond donors (Lipinski definition) is 0. The second kappa shape index (κ2) is 4.81. The molecule has 6 heteroatoms. The van der Waals surface area contributed by atoms with E-state index in [4.69, 9.17) is 4.42 Å². The maximum Gasteiger partial charge on any atom is 0.239 e. The minimum Gasteiger partial charge on any atom is -0.442 e. The van der Waals surface area contributed by atoms with Crippen LogP contribution in [0.15, 0.2) is 50.8 Å². The molecule has 0 saturated heterocycles. The number of aldehydes is 1. The van der Waals surface area contributed by atoms with Crippen LogP contribution in [0.1, 0.15) is 27.8 Å². The highest BCUT2D eigenvalue weighted by Gasteiger charge is 2.22. The van der Waals surface area contributed by atoms with Gasteiger partial charge >= 0.3 is 0 Å². The first-order chi connectivity index (χ1) is 8.95. The number of hydrogen-bond acceptors (Lipinski definition) is 5. The molecule has 0 radical (unpaired) electrons. The molecule has 5 nitrogen and oxygen atoms in total. The van der Waals surface area contributed by atoms with E-state index in [0.29, 0.717) is 11.8 Å². The van der Waals surface area contributed by atoms with Gasteiger partial charge in [0.2, 0.25) is 14.9 Å². The summed E-state index contributed by atoms with van der Waals surface area (Å²) in [5.41, 5.74) is 0.295. The number of rotatable bonds is 4. The van der Waals surface area contributed by atoms with E-state index in [1.54, 1.807) is 0 Å². The van der Waals surface area contributed by atoms with Gasteiger partial charge in [0.25, 0.3) is 0 Å². The first kappa shape index (κ1) is 13.2. The van der Waals surface area contributed by atoms with Crippen LogP contribution in [0.4, 0.5) is 0 Å². The van der Waals surface area contributed by atoms with Crippen LogP contribution in [0, 0.1) is 0 Å². The Morgan fingerprint density at radius 1 is 1.21 bits per heavy atom. The fourth-order valence-corrected chi connectivity index (χ4v) is 2.77. The van der Waals surface area contributed by atoms with Crippen molar-refractivity contribution in [3.63, 3.8) is 0 Å². The summed E-state index contributed by atoms with van der Waals surface area (Å²) in [7, 11) is -3.86. The van der Waals surface area contributed by atoms with E-state index in [1.165, 1.54) is 43.3 Å². The Morgan fingerprint density at radius 2 is 1.95 bits per heavy atom. The molecular weight excluding hydrogens is 268 g/mol. The number of ketones is 1. The van der Waals surface area contributed by atoms with Crippen molar-refractivity contribution in [2.45, 2.75) is 16.9 Å². The van der Waals surface area contributed by atoms with Gasteiger partial charge < -0.3 is 4.42 Å². The van der Waals surface area contributed by atoms with Crippen LogP contribution in [0.5, 0.6) is 0 Å². The lowest BCUT2D eigenvalue weighted by atomic mass is 10.2. The number of furan rings is 1. The van der Waals surface area contributed by atoms with Gasteiger partial charge in [-0.3, -0.25) is 9.59 Å². The van der Waals surface area contributed by atoms with Crippen molar-refractivity contribution in [3.05, 3.63) is 47.7 Å². The summed E-state index contributed by atoms with van der Waals surface area (Å²) in [6.45, 7) is 1.35. The normalized spacial score (nSPS) is 11.2. The molecule has 1 heterocycles. The van der Waals surface area contributed by atoms with Crippen molar-refractivity contribution in [1.29, 1.82) is 0 Å². The number of carbonyl (C=O) groups excluding carboxylic acids is 2. The van der Waals surface area contributed by atoms with Gasteiger partial charge in [-0.15, -0.1) is 0 Å². The van der Waals surface area contributed by atoms with Crippen LogP contribution in [0.25, 0.3) is 0 Å². The second-order valence-corrected chi connectivity index (χ2v) is 5.74. The summed E-state index contributed by atoms with van der Waals surface area (Å²) in [5, 5.41) is -0.324. The predicted octanol–water partition coefficient (Wildman–Crippen LogP) is 2.13. The van der Waals surface area contributed by atoms with Gasteiger partial charge in [-0.2, -0.15) is 0 Å². The van der Waals surface area contributed by atoms with Crippen LogP contribution in [-0.2, 0) is 9.84 Å². The zero-order chi connectivity index (χ0) is 14.0. The van der Waals surface area contributed by atoms with Gasteiger partial charge in [0.1, 0.15) is 0 Å². The molecule has 1 aromatic carbocycles. The molecule has 0 unspecified atom stereocenters. The van der Waals surface area contributed by atoms with E-state index in [-0.39, 0.29) is 21.5 Å². The maximum absolute atomic E-state index is 12.2. The Bertz CT molecular complexity index is 740. The van der Waals surface area contributed by atoms with Crippen molar-refractivity contribution >= 4 is 21.9 Å². The lowest BCUT2D eigenvalue weighted by molar-refractivity contribution is 0.101. The largest absolute Gasteiger partial charge is 0.442 e. The van der Waals surface area contributed by atoms with Crippen molar-refractivity contribution in [2.75, 3.05) is 0 Å². The first-order valence-corrected chi connectivity index (χ1v) is 6.84. The van der Waals surface area contributed by atoms with E-state index in [1.807, 2.05) is 0 Å². The van der Waals surface area contributed by atoms with E-state index >= 15 is 0 Å². The standard InChI is InChI=1S/C13H10O5S/c1-9(15)10-3-2-4-12(7-10)19(16,17)13-6-5-11(8-14)18-13/h2-8H,1H3. The van der Waals surface area contributed by atoms with Gasteiger partial charge in [-0.05, 0) is 31.2 Å². The highest BCUT2D eigenvalue weighted by Crippen LogP contribution is 2.23. The molecule has 0 spiro atoms. The lowest BCUT2D eigenvalue weighted by Gasteiger charge is -2.02. The first-order valence-electron chi connectivity index (χ1n) is 5.36.